The van der Waals surface area contributed by atoms with Gasteiger partial charge in [-0.15, -0.1) is 0 Å². The summed E-state index contributed by atoms with van der Waals surface area (Å²) in [4.78, 5) is 0. The third kappa shape index (κ3) is 1.41. The molecule has 0 aliphatic heterocycles. The molecule has 0 unspecified atom stereocenters. The first kappa shape index (κ1) is 10.8. The molecule has 0 atom stereocenters. The van der Waals surface area contributed by atoms with E-state index in [9.17, 15) is 0 Å². The van der Waals surface area contributed by atoms with E-state index in [1.54, 1.807) is 0 Å². The van der Waals surface area contributed by atoms with Gasteiger partial charge in [-0.05, 0) is 32.8 Å². The number of nitrogens with zero attached hydrogens (tertiary/aromatic N) is 1. The number of hydrogen-bond acceptors (Lipinski definition) is 4. The van der Waals surface area contributed by atoms with Crippen LogP contribution in [0, 0.1) is 20.8 Å². The normalized spacial score (nSPS) is 11.0. The van der Waals surface area contributed by atoms with Gasteiger partial charge in [0.25, 0.3) is 0 Å². The Balaban J connectivity index is 2.67. The Kier molecular flexibility index (Phi) is 2.50. The van der Waals surface area contributed by atoms with Crippen LogP contribution in [0.3, 0.4) is 0 Å². The molecule has 0 aliphatic carbocycles. The van der Waals surface area contributed by atoms with Crippen LogP contribution < -0.4 is 5.73 Å². The monoisotopic (exact) mass is 220 g/mol. The second kappa shape index (κ2) is 3.70. The van der Waals surface area contributed by atoms with Crippen LogP contribution in [0.5, 0.6) is 0 Å². The first-order chi connectivity index (χ1) is 7.56. The van der Waals surface area contributed by atoms with Crippen LogP contribution in [0.1, 0.15) is 29.6 Å². The van der Waals surface area contributed by atoms with Crippen LogP contribution in [0.4, 0.5) is 5.88 Å². The van der Waals surface area contributed by atoms with Crippen molar-refractivity contribution in [1.29, 1.82) is 0 Å². The first-order valence-electron chi connectivity index (χ1n) is 5.37. The number of rotatable bonds is 2. The molecule has 0 saturated heterocycles. The Hall–Kier alpha value is -1.71. The molecular weight excluding hydrogens is 204 g/mol. The molecule has 0 bridgehead atoms. The van der Waals surface area contributed by atoms with E-state index in [-0.39, 0.29) is 0 Å². The summed E-state index contributed by atoms with van der Waals surface area (Å²) in [5.41, 5.74) is 9.61. The highest BCUT2D eigenvalue weighted by molar-refractivity contribution is 5.72. The van der Waals surface area contributed by atoms with Crippen molar-refractivity contribution < 1.29 is 8.94 Å². The van der Waals surface area contributed by atoms with Crippen molar-refractivity contribution in [2.24, 2.45) is 0 Å². The van der Waals surface area contributed by atoms with Crippen molar-refractivity contribution in [3.63, 3.8) is 0 Å². The minimum Gasteiger partial charge on any atom is -0.466 e. The van der Waals surface area contributed by atoms with Crippen LogP contribution in [0.2, 0.25) is 0 Å². The second-order valence-corrected chi connectivity index (χ2v) is 3.94. The molecule has 0 fully saturated rings. The van der Waals surface area contributed by atoms with E-state index in [4.69, 9.17) is 14.7 Å². The predicted molar refractivity (Wildman–Crippen MR) is 62.2 cm³/mol. The number of aryl methyl sites for hydroxylation is 2. The lowest BCUT2D eigenvalue weighted by molar-refractivity contribution is 0.438. The first-order valence-corrected chi connectivity index (χ1v) is 5.37. The average Bonchev–Trinajstić information content (AvgIpc) is 2.70. The van der Waals surface area contributed by atoms with Crippen LogP contribution in [-0.2, 0) is 6.42 Å². The summed E-state index contributed by atoms with van der Waals surface area (Å²) < 4.78 is 10.6. The van der Waals surface area contributed by atoms with Crippen LogP contribution in [0.25, 0.3) is 11.3 Å². The molecule has 0 saturated carbocycles. The molecule has 16 heavy (non-hydrogen) atoms. The van der Waals surface area contributed by atoms with Gasteiger partial charge in [0.15, 0.2) is 0 Å². The summed E-state index contributed by atoms with van der Waals surface area (Å²) in [7, 11) is 0. The molecule has 2 heterocycles. The maximum Gasteiger partial charge on any atom is 0.225 e. The van der Waals surface area contributed by atoms with E-state index in [0.717, 1.165) is 40.3 Å². The van der Waals surface area contributed by atoms with Crippen molar-refractivity contribution in [3.05, 3.63) is 22.6 Å². The maximum absolute atomic E-state index is 5.74. The second-order valence-electron chi connectivity index (χ2n) is 3.94. The Bertz CT molecular complexity index is 523. The molecule has 2 rings (SSSR count). The van der Waals surface area contributed by atoms with Crippen LogP contribution in [0.15, 0.2) is 8.94 Å². The zero-order chi connectivity index (χ0) is 11.9. The summed E-state index contributed by atoms with van der Waals surface area (Å²) in [6, 6.07) is 0. The molecule has 2 aromatic rings. The van der Waals surface area contributed by atoms with Crippen molar-refractivity contribution in [1.82, 2.24) is 5.16 Å². The van der Waals surface area contributed by atoms with E-state index >= 15 is 0 Å². The maximum atomic E-state index is 5.74. The zero-order valence-electron chi connectivity index (χ0n) is 10.0. The molecule has 0 radical (unpaired) electrons. The number of aromatic nitrogens is 1. The number of nitrogen functional groups attached to an aromatic ring is 1. The molecule has 0 aromatic carbocycles. The number of anilines is 1. The molecule has 2 aromatic heterocycles. The summed E-state index contributed by atoms with van der Waals surface area (Å²) in [6.07, 6.45) is 0.799. The number of nitrogens with two attached hydrogens (primary N) is 1. The fraction of sp³-hybridized carbons (Fsp3) is 0.417. The summed E-state index contributed by atoms with van der Waals surface area (Å²) >= 11 is 0. The highest BCUT2D eigenvalue weighted by atomic mass is 16.5. The Morgan fingerprint density at radius 2 is 1.88 bits per heavy atom. The van der Waals surface area contributed by atoms with Crippen molar-refractivity contribution in [3.8, 4) is 11.3 Å². The minimum absolute atomic E-state index is 0.398. The van der Waals surface area contributed by atoms with E-state index < -0.39 is 0 Å². The van der Waals surface area contributed by atoms with Gasteiger partial charge in [0, 0.05) is 11.1 Å². The fourth-order valence-electron chi connectivity index (χ4n) is 2.00. The Morgan fingerprint density at radius 3 is 2.38 bits per heavy atom. The smallest absolute Gasteiger partial charge is 0.225 e. The van der Waals surface area contributed by atoms with Crippen molar-refractivity contribution >= 4 is 5.88 Å². The third-order valence-electron chi connectivity index (χ3n) is 2.97. The van der Waals surface area contributed by atoms with Gasteiger partial charge < -0.3 is 14.7 Å². The van der Waals surface area contributed by atoms with Gasteiger partial charge in [0.1, 0.15) is 17.2 Å². The van der Waals surface area contributed by atoms with Gasteiger partial charge in [0.05, 0.1) is 0 Å². The molecule has 2 N–H and O–H groups in total. The van der Waals surface area contributed by atoms with Gasteiger partial charge >= 0.3 is 0 Å². The Labute approximate surface area is 94.4 Å². The third-order valence-corrected chi connectivity index (χ3v) is 2.97. The fourth-order valence-corrected chi connectivity index (χ4v) is 2.00. The Morgan fingerprint density at radius 1 is 1.19 bits per heavy atom. The highest BCUT2D eigenvalue weighted by Gasteiger charge is 2.21. The molecule has 0 amide bonds. The van der Waals surface area contributed by atoms with Gasteiger partial charge in [-0.1, -0.05) is 12.1 Å². The van der Waals surface area contributed by atoms with E-state index in [1.165, 1.54) is 0 Å². The molecule has 4 nitrogen and oxygen atoms in total. The molecule has 4 heteroatoms. The summed E-state index contributed by atoms with van der Waals surface area (Å²) in [5.74, 6) is 2.17. The van der Waals surface area contributed by atoms with Crippen molar-refractivity contribution in [2.75, 3.05) is 5.73 Å². The zero-order valence-corrected chi connectivity index (χ0v) is 10.0. The standard InChI is InChI=1S/C12H16N2O2/c1-5-9-11(14-16-12(9)13)10-6(2)7(3)15-8(10)4/h5,13H2,1-4H3. The van der Waals surface area contributed by atoms with Gasteiger partial charge in [-0.2, -0.15) is 0 Å². The summed E-state index contributed by atoms with van der Waals surface area (Å²) in [6.45, 7) is 7.93. The van der Waals surface area contributed by atoms with E-state index in [1.807, 2.05) is 27.7 Å². The SMILES string of the molecule is CCc1c(-c2c(C)oc(C)c2C)noc1N. The number of hydrogen-bond donors (Lipinski definition) is 1. The lowest BCUT2D eigenvalue weighted by Gasteiger charge is -1.99. The van der Waals surface area contributed by atoms with Gasteiger partial charge in [-0.25, -0.2) is 0 Å². The summed E-state index contributed by atoms with van der Waals surface area (Å²) in [5, 5.41) is 4.03. The predicted octanol–water partition coefficient (Wildman–Crippen LogP) is 3.00. The van der Waals surface area contributed by atoms with E-state index in [0.29, 0.717) is 5.88 Å². The molecule has 86 valence electrons. The van der Waals surface area contributed by atoms with Gasteiger partial charge in [0.2, 0.25) is 5.88 Å². The molecule has 0 spiro atoms. The number of furan rings is 1. The highest BCUT2D eigenvalue weighted by Crippen LogP contribution is 2.35. The molecular formula is C12H16N2O2. The van der Waals surface area contributed by atoms with Gasteiger partial charge in [-0.3, -0.25) is 0 Å². The lowest BCUT2D eigenvalue weighted by atomic mass is 10.0. The molecule has 0 aliphatic rings. The van der Waals surface area contributed by atoms with Crippen LogP contribution >= 0.6 is 0 Å². The lowest BCUT2D eigenvalue weighted by Crippen LogP contribution is -1.91. The largest absolute Gasteiger partial charge is 0.466 e. The quantitative estimate of drug-likeness (QED) is 0.844. The van der Waals surface area contributed by atoms with E-state index in [2.05, 4.69) is 5.16 Å². The minimum atomic E-state index is 0.398. The average molecular weight is 220 g/mol. The topological polar surface area (TPSA) is 65.2 Å². The van der Waals surface area contributed by atoms with Crippen molar-refractivity contribution in [2.45, 2.75) is 34.1 Å². The van der Waals surface area contributed by atoms with Crippen LogP contribution in [-0.4, -0.2) is 5.16 Å².